The summed E-state index contributed by atoms with van der Waals surface area (Å²) in [7, 11) is -3.53. The Morgan fingerprint density at radius 2 is 1.45 bits per heavy atom. The second kappa shape index (κ2) is 6.59. The highest BCUT2D eigenvalue weighted by atomic mass is 35.5. The molecule has 2 aromatic rings. The first-order chi connectivity index (χ1) is 9.51. The second-order valence-electron chi connectivity index (χ2n) is 4.23. The van der Waals surface area contributed by atoms with E-state index < -0.39 is 10.0 Å². The summed E-state index contributed by atoms with van der Waals surface area (Å²) in [6, 6.07) is 13.5. The SMILES string of the molecule is O=S(=O)(NCc1ccc(CCl)cc1)c1ccc(Cl)cc1. The molecular weight excluding hydrogens is 317 g/mol. The molecule has 106 valence electrons. The standard InChI is InChI=1S/C14H13Cl2NO2S/c15-9-11-1-3-12(4-2-11)10-17-20(18,19)14-7-5-13(16)6-8-14/h1-8,17H,9-10H2. The number of nitrogens with one attached hydrogen (secondary N) is 1. The molecule has 3 nitrogen and oxygen atoms in total. The molecule has 0 aliphatic heterocycles. The van der Waals surface area contributed by atoms with Gasteiger partial charge in [-0.15, -0.1) is 11.6 Å². The fourth-order valence-corrected chi connectivity index (χ4v) is 2.94. The van der Waals surface area contributed by atoms with Gasteiger partial charge in [-0.1, -0.05) is 35.9 Å². The normalized spacial score (nSPS) is 11.5. The lowest BCUT2D eigenvalue weighted by atomic mass is 10.1. The highest BCUT2D eigenvalue weighted by Crippen LogP contribution is 2.14. The molecule has 0 radical (unpaired) electrons. The van der Waals surface area contributed by atoms with Gasteiger partial charge in [0.15, 0.2) is 0 Å². The van der Waals surface area contributed by atoms with Crippen LogP contribution in [0.2, 0.25) is 5.02 Å². The maximum absolute atomic E-state index is 12.1. The molecule has 0 aliphatic rings. The summed E-state index contributed by atoms with van der Waals surface area (Å²) in [5, 5.41) is 0.501. The molecule has 2 aromatic carbocycles. The molecule has 0 atom stereocenters. The van der Waals surface area contributed by atoms with Crippen LogP contribution in [-0.4, -0.2) is 8.42 Å². The third kappa shape index (κ3) is 3.96. The van der Waals surface area contributed by atoms with Gasteiger partial charge in [-0.2, -0.15) is 0 Å². The fourth-order valence-electron chi connectivity index (χ4n) is 1.62. The van der Waals surface area contributed by atoms with E-state index in [1.165, 1.54) is 12.1 Å². The fraction of sp³-hybridized carbons (Fsp3) is 0.143. The maximum atomic E-state index is 12.1. The Morgan fingerprint density at radius 1 is 0.900 bits per heavy atom. The van der Waals surface area contributed by atoms with E-state index in [9.17, 15) is 8.42 Å². The lowest BCUT2D eigenvalue weighted by molar-refractivity contribution is 0.581. The molecule has 0 spiro atoms. The predicted molar refractivity (Wildman–Crippen MR) is 81.5 cm³/mol. The molecule has 0 saturated carbocycles. The van der Waals surface area contributed by atoms with E-state index >= 15 is 0 Å². The van der Waals surface area contributed by atoms with Crippen molar-refractivity contribution in [1.29, 1.82) is 0 Å². The monoisotopic (exact) mass is 329 g/mol. The summed E-state index contributed by atoms with van der Waals surface area (Å²) in [5.41, 5.74) is 1.87. The molecule has 0 bridgehead atoms. The topological polar surface area (TPSA) is 46.2 Å². The van der Waals surface area contributed by atoms with E-state index in [1.54, 1.807) is 12.1 Å². The molecule has 0 fully saturated rings. The quantitative estimate of drug-likeness (QED) is 0.852. The lowest BCUT2D eigenvalue weighted by Crippen LogP contribution is -2.23. The van der Waals surface area contributed by atoms with Crippen molar-refractivity contribution >= 4 is 33.2 Å². The van der Waals surface area contributed by atoms with E-state index in [0.29, 0.717) is 10.9 Å². The maximum Gasteiger partial charge on any atom is 0.240 e. The van der Waals surface area contributed by atoms with Gasteiger partial charge in [0.05, 0.1) is 4.90 Å². The Balaban J connectivity index is 2.06. The van der Waals surface area contributed by atoms with Crippen molar-refractivity contribution in [3.8, 4) is 0 Å². The van der Waals surface area contributed by atoms with Gasteiger partial charge in [0.25, 0.3) is 0 Å². The van der Waals surface area contributed by atoms with Gasteiger partial charge in [0, 0.05) is 17.4 Å². The van der Waals surface area contributed by atoms with E-state index in [1.807, 2.05) is 24.3 Å². The first-order valence-electron chi connectivity index (χ1n) is 5.90. The van der Waals surface area contributed by atoms with Crippen LogP contribution in [0.25, 0.3) is 0 Å². The van der Waals surface area contributed by atoms with Gasteiger partial charge in [-0.25, -0.2) is 13.1 Å². The minimum Gasteiger partial charge on any atom is -0.207 e. The number of halogens is 2. The Morgan fingerprint density at radius 3 is 2.00 bits per heavy atom. The molecule has 0 unspecified atom stereocenters. The van der Waals surface area contributed by atoms with Gasteiger partial charge in [-0.3, -0.25) is 0 Å². The zero-order valence-electron chi connectivity index (χ0n) is 10.5. The van der Waals surface area contributed by atoms with Crippen molar-refractivity contribution in [2.45, 2.75) is 17.3 Å². The van der Waals surface area contributed by atoms with E-state index in [-0.39, 0.29) is 11.4 Å². The van der Waals surface area contributed by atoms with Crippen molar-refractivity contribution < 1.29 is 8.42 Å². The number of sulfonamides is 1. The van der Waals surface area contributed by atoms with Crippen LogP contribution in [0.5, 0.6) is 0 Å². The summed E-state index contributed by atoms with van der Waals surface area (Å²) in [5.74, 6) is 0.441. The third-order valence-corrected chi connectivity index (χ3v) is 4.75. The number of rotatable bonds is 5. The van der Waals surface area contributed by atoms with Crippen molar-refractivity contribution in [3.05, 3.63) is 64.7 Å². The summed E-state index contributed by atoms with van der Waals surface area (Å²) >= 11 is 11.4. The van der Waals surface area contributed by atoms with Crippen LogP contribution in [0.4, 0.5) is 0 Å². The van der Waals surface area contributed by atoms with Crippen LogP contribution >= 0.6 is 23.2 Å². The zero-order chi connectivity index (χ0) is 14.6. The summed E-state index contributed by atoms with van der Waals surface area (Å²) < 4.78 is 26.7. The average Bonchev–Trinajstić information content (AvgIpc) is 2.46. The first-order valence-corrected chi connectivity index (χ1v) is 8.30. The summed E-state index contributed by atoms with van der Waals surface area (Å²) in [6.07, 6.45) is 0. The van der Waals surface area contributed by atoms with Crippen LogP contribution in [0.15, 0.2) is 53.4 Å². The van der Waals surface area contributed by atoms with Gasteiger partial charge < -0.3 is 0 Å². The Labute approximate surface area is 128 Å². The Kier molecular flexibility index (Phi) is 5.05. The Bertz CT molecular complexity index is 667. The summed E-state index contributed by atoms with van der Waals surface area (Å²) in [6.45, 7) is 0.230. The van der Waals surface area contributed by atoms with Gasteiger partial charge >= 0.3 is 0 Å². The van der Waals surface area contributed by atoms with Crippen LogP contribution in [0.3, 0.4) is 0 Å². The molecule has 0 saturated heterocycles. The minimum atomic E-state index is -3.53. The average molecular weight is 330 g/mol. The predicted octanol–water partition coefficient (Wildman–Crippen LogP) is 3.56. The molecule has 1 N–H and O–H groups in total. The second-order valence-corrected chi connectivity index (χ2v) is 6.70. The molecule has 0 amide bonds. The lowest BCUT2D eigenvalue weighted by Gasteiger charge is -2.07. The van der Waals surface area contributed by atoms with E-state index in [2.05, 4.69) is 4.72 Å². The van der Waals surface area contributed by atoms with Crippen LogP contribution in [-0.2, 0) is 22.4 Å². The molecular formula is C14H13Cl2NO2S. The zero-order valence-corrected chi connectivity index (χ0v) is 12.8. The largest absolute Gasteiger partial charge is 0.240 e. The third-order valence-electron chi connectivity index (χ3n) is 2.77. The van der Waals surface area contributed by atoms with E-state index in [0.717, 1.165) is 11.1 Å². The number of hydrogen-bond donors (Lipinski definition) is 1. The highest BCUT2D eigenvalue weighted by molar-refractivity contribution is 7.89. The van der Waals surface area contributed by atoms with Crippen LogP contribution < -0.4 is 4.72 Å². The number of benzene rings is 2. The highest BCUT2D eigenvalue weighted by Gasteiger charge is 2.13. The number of hydrogen-bond acceptors (Lipinski definition) is 2. The molecule has 0 aromatic heterocycles. The van der Waals surface area contributed by atoms with Crippen LogP contribution in [0, 0.1) is 0 Å². The van der Waals surface area contributed by atoms with Crippen molar-refractivity contribution in [2.75, 3.05) is 0 Å². The smallest absolute Gasteiger partial charge is 0.207 e. The minimum absolute atomic E-state index is 0.194. The van der Waals surface area contributed by atoms with Crippen molar-refractivity contribution in [1.82, 2.24) is 4.72 Å². The summed E-state index contributed by atoms with van der Waals surface area (Å²) in [4.78, 5) is 0.194. The molecule has 0 heterocycles. The van der Waals surface area contributed by atoms with Gasteiger partial charge in [0.2, 0.25) is 10.0 Å². The number of alkyl halides is 1. The van der Waals surface area contributed by atoms with Gasteiger partial charge in [-0.05, 0) is 35.4 Å². The first kappa shape index (κ1) is 15.3. The molecule has 20 heavy (non-hydrogen) atoms. The van der Waals surface area contributed by atoms with Crippen LogP contribution in [0.1, 0.15) is 11.1 Å². The Hall–Kier alpha value is -1.07. The molecule has 0 aliphatic carbocycles. The van der Waals surface area contributed by atoms with Gasteiger partial charge in [0.1, 0.15) is 0 Å². The molecule has 6 heteroatoms. The van der Waals surface area contributed by atoms with E-state index in [4.69, 9.17) is 23.2 Å². The molecule has 2 rings (SSSR count). The van der Waals surface area contributed by atoms with Crippen molar-refractivity contribution in [2.24, 2.45) is 0 Å². The van der Waals surface area contributed by atoms with Crippen molar-refractivity contribution in [3.63, 3.8) is 0 Å².